The van der Waals surface area contributed by atoms with E-state index in [4.69, 9.17) is 0 Å². The van der Waals surface area contributed by atoms with Gasteiger partial charge in [0.15, 0.2) is 0 Å². The van der Waals surface area contributed by atoms with Gasteiger partial charge in [0.25, 0.3) is 0 Å². The first-order chi connectivity index (χ1) is 6.18. The van der Waals surface area contributed by atoms with E-state index >= 15 is 0 Å². The molecular formula is C12H15F. The van der Waals surface area contributed by atoms with E-state index in [1.54, 1.807) is 12.1 Å². The summed E-state index contributed by atoms with van der Waals surface area (Å²) in [4.78, 5) is 0. The van der Waals surface area contributed by atoms with E-state index in [1.165, 1.54) is 12.0 Å². The first-order valence-corrected chi connectivity index (χ1v) is 4.94. The number of halogens is 1. The molecule has 1 heteroatoms. The first kappa shape index (κ1) is 8.74. The van der Waals surface area contributed by atoms with Gasteiger partial charge < -0.3 is 0 Å². The summed E-state index contributed by atoms with van der Waals surface area (Å²) >= 11 is 0. The van der Waals surface area contributed by atoms with E-state index in [-0.39, 0.29) is 5.82 Å². The average Bonchev–Trinajstić information content (AvgIpc) is 2.15. The van der Waals surface area contributed by atoms with Crippen LogP contribution in [0.3, 0.4) is 0 Å². The van der Waals surface area contributed by atoms with Crippen LogP contribution in [0, 0.1) is 17.7 Å². The van der Waals surface area contributed by atoms with Gasteiger partial charge in [-0.05, 0) is 41.9 Å². The second-order valence-electron chi connectivity index (χ2n) is 4.23. The van der Waals surface area contributed by atoms with Gasteiger partial charge in [-0.15, -0.1) is 0 Å². The highest BCUT2D eigenvalue weighted by Gasteiger charge is 2.34. The van der Waals surface area contributed by atoms with Crippen LogP contribution in [0.5, 0.6) is 0 Å². The van der Waals surface area contributed by atoms with Crippen LogP contribution in [0.1, 0.15) is 31.7 Å². The van der Waals surface area contributed by atoms with Gasteiger partial charge in [-0.2, -0.15) is 0 Å². The molecule has 0 aromatic heterocycles. The van der Waals surface area contributed by atoms with Crippen molar-refractivity contribution >= 4 is 0 Å². The Labute approximate surface area is 78.8 Å². The van der Waals surface area contributed by atoms with Gasteiger partial charge in [0.05, 0.1) is 0 Å². The Kier molecular flexibility index (Phi) is 2.10. The molecule has 0 aliphatic heterocycles. The molecule has 1 aliphatic rings. The summed E-state index contributed by atoms with van der Waals surface area (Å²) < 4.78 is 12.6. The van der Waals surface area contributed by atoms with Gasteiger partial charge in [-0.1, -0.05) is 26.0 Å². The van der Waals surface area contributed by atoms with Crippen LogP contribution in [0.4, 0.5) is 4.39 Å². The maximum absolute atomic E-state index is 12.6. The highest BCUT2D eigenvalue weighted by Crippen LogP contribution is 2.46. The van der Waals surface area contributed by atoms with E-state index in [2.05, 4.69) is 13.8 Å². The number of hydrogen-bond donors (Lipinski definition) is 0. The molecule has 13 heavy (non-hydrogen) atoms. The molecule has 0 nitrogen and oxygen atoms in total. The molecule has 2 rings (SSSR count). The monoisotopic (exact) mass is 178 g/mol. The Morgan fingerprint density at radius 3 is 2.23 bits per heavy atom. The highest BCUT2D eigenvalue weighted by atomic mass is 19.1. The van der Waals surface area contributed by atoms with Gasteiger partial charge in [0, 0.05) is 0 Å². The summed E-state index contributed by atoms with van der Waals surface area (Å²) in [5.41, 5.74) is 1.30. The third kappa shape index (κ3) is 1.48. The Hall–Kier alpha value is -0.850. The molecule has 1 saturated carbocycles. The second kappa shape index (κ2) is 3.13. The van der Waals surface area contributed by atoms with E-state index in [0.29, 0.717) is 5.92 Å². The van der Waals surface area contributed by atoms with Crippen molar-refractivity contribution in [1.29, 1.82) is 0 Å². The van der Waals surface area contributed by atoms with Gasteiger partial charge in [-0.3, -0.25) is 0 Å². The van der Waals surface area contributed by atoms with Crippen LogP contribution < -0.4 is 0 Å². The fraction of sp³-hybridized carbons (Fsp3) is 0.500. The normalized spacial score (nSPS) is 32.7. The Bertz CT molecular complexity index is 288. The number of rotatable bonds is 1. The zero-order valence-electron chi connectivity index (χ0n) is 8.13. The van der Waals surface area contributed by atoms with Crippen LogP contribution in [0.25, 0.3) is 0 Å². The molecule has 0 spiro atoms. The molecule has 0 bridgehead atoms. The van der Waals surface area contributed by atoms with Crippen molar-refractivity contribution in [3.8, 4) is 0 Å². The molecule has 0 saturated heterocycles. The van der Waals surface area contributed by atoms with Gasteiger partial charge >= 0.3 is 0 Å². The molecule has 1 aromatic carbocycles. The van der Waals surface area contributed by atoms with Crippen molar-refractivity contribution in [2.24, 2.45) is 11.8 Å². The van der Waals surface area contributed by atoms with Crippen molar-refractivity contribution in [2.45, 2.75) is 26.2 Å². The summed E-state index contributed by atoms with van der Waals surface area (Å²) in [6, 6.07) is 6.96. The predicted molar refractivity (Wildman–Crippen MR) is 52.1 cm³/mol. The summed E-state index contributed by atoms with van der Waals surface area (Å²) in [6.45, 7) is 4.56. The smallest absolute Gasteiger partial charge is 0.123 e. The van der Waals surface area contributed by atoms with E-state index in [9.17, 15) is 4.39 Å². The lowest BCUT2D eigenvalue weighted by Gasteiger charge is -2.41. The number of benzene rings is 1. The van der Waals surface area contributed by atoms with E-state index in [0.717, 1.165) is 11.8 Å². The van der Waals surface area contributed by atoms with Gasteiger partial charge in [0.1, 0.15) is 5.82 Å². The maximum atomic E-state index is 12.6. The Morgan fingerprint density at radius 1 is 1.15 bits per heavy atom. The van der Waals surface area contributed by atoms with Crippen molar-refractivity contribution in [2.75, 3.05) is 0 Å². The van der Waals surface area contributed by atoms with Crippen LogP contribution in [-0.4, -0.2) is 0 Å². The van der Waals surface area contributed by atoms with Crippen LogP contribution >= 0.6 is 0 Å². The molecule has 0 amide bonds. The lowest BCUT2D eigenvalue weighted by molar-refractivity contribution is 0.169. The summed E-state index contributed by atoms with van der Waals surface area (Å²) in [5, 5.41) is 0. The fourth-order valence-corrected chi connectivity index (χ4v) is 2.18. The largest absolute Gasteiger partial charge is 0.207 e. The van der Waals surface area contributed by atoms with Crippen molar-refractivity contribution < 1.29 is 4.39 Å². The third-order valence-electron chi connectivity index (χ3n) is 3.46. The molecule has 70 valence electrons. The van der Waals surface area contributed by atoms with Crippen molar-refractivity contribution in [1.82, 2.24) is 0 Å². The van der Waals surface area contributed by atoms with Gasteiger partial charge in [-0.25, -0.2) is 4.39 Å². The standard InChI is InChI=1S/C12H15F/c1-8-7-12(9(8)2)10-3-5-11(13)6-4-10/h3-6,8-9,12H,7H2,1-2H3. The zero-order chi connectivity index (χ0) is 9.42. The Morgan fingerprint density at radius 2 is 1.77 bits per heavy atom. The summed E-state index contributed by atoms with van der Waals surface area (Å²) in [5.74, 6) is 2.11. The maximum Gasteiger partial charge on any atom is 0.123 e. The topological polar surface area (TPSA) is 0 Å². The minimum absolute atomic E-state index is 0.135. The molecular weight excluding hydrogens is 163 g/mol. The summed E-state index contributed by atoms with van der Waals surface area (Å²) in [7, 11) is 0. The molecule has 3 unspecified atom stereocenters. The molecule has 0 heterocycles. The molecule has 1 aliphatic carbocycles. The summed E-state index contributed by atoms with van der Waals surface area (Å²) in [6.07, 6.45) is 1.26. The van der Waals surface area contributed by atoms with E-state index in [1.807, 2.05) is 12.1 Å². The van der Waals surface area contributed by atoms with Crippen LogP contribution in [0.2, 0.25) is 0 Å². The lowest BCUT2D eigenvalue weighted by atomic mass is 9.64. The molecule has 1 aromatic rings. The SMILES string of the molecule is CC1CC(c2ccc(F)cc2)C1C. The minimum Gasteiger partial charge on any atom is -0.207 e. The minimum atomic E-state index is -0.135. The van der Waals surface area contributed by atoms with Crippen molar-refractivity contribution in [3.05, 3.63) is 35.6 Å². The van der Waals surface area contributed by atoms with Gasteiger partial charge in [0.2, 0.25) is 0 Å². The zero-order valence-corrected chi connectivity index (χ0v) is 8.13. The quantitative estimate of drug-likeness (QED) is 0.616. The molecule has 1 fully saturated rings. The van der Waals surface area contributed by atoms with E-state index < -0.39 is 0 Å². The van der Waals surface area contributed by atoms with Crippen LogP contribution in [0.15, 0.2) is 24.3 Å². The van der Waals surface area contributed by atoms with Crippen LogP contribution in [-0.2, 0) is 0 Å². The van der Waals surface area contributed by atoms with Crippen molar-refractivity contribution in [3.63, 3.8) is 0 Å². The number of hydrogen-bond acceptors (Lipinski definition) is 0. The molecule has 0 radical (unpaired) electrons. The highest BCUT2D eigenvalue weighted by molar-refractivity contribution is 5.23. The first-order valence-electron chi connectivity index (χ1n) is 4.94. The Balaban J connectivity index is 2.14. The second-order valence-corrected chi connectivity index (χ2v) is 4.23. The lowest BCUT2D eigenvalue weighted by Crippen LogP contribution is -2.30. The fourth-order valence-electron chi connectivity index (χ4n) is 2.18. The average molecular weight is 178 g/mol. The third-order valence-corrected chi connectivity index (χ3v) is 3.46. The molecule has 3 atom stereocenters. The predicted octanol–water partition coefficient (Wildman–Crippen LogP) is 3.59. The molecule has 0 N–H and O–H groups in total.